The Kier molecular flexibility index (Phi) is 5.46. The van der Waals surface area contributed by atoms with Crippen LogP contribution < -0.4 is 5.73 Å². The highest BCUT2D eigenvalue weighted by Gasteiger charge is 2.09. The van der Waals surface area contributed by atoms with Gasteiger partial charge in [0.25, 0.3) is 0 Å². The van der Waals surface area contributed by atoms with Crippen molar-refractivity contribution in [2.75, 3.05) is 19.6 Å². The summed E-state index contributed by atoms with van der Waals surface area (Å²) in [6, 6.07) is 0.466. The maximum atomic E-state index is 9.12. The molecule has 3 nitrogen and oxygen atoms in total. The Balaban J connectivity index is 3.69. The number of nitrogens with zero attached hydrogens (tertiary/aromatic N) is 1. The average molecular weight is 160 g/mol. The summed E-state index contributed by atoms with van der Waals surface area (Å²) in [5.74, 6) is 0. The van der Waals surface area contributed by atoms with Crippen molar-refractivity contribution in [1.82, 2.24) is 4.90 Å². The third kappa shape index (κ3) is 5.18. The lowest BCUT2D eigenvalue weighted by molar-refractivity contribution is 0.110. The van der Waals surface area contributed by atoms with E-state index in [2.05, 4.69) is 18.7 Å². The minimum absolute atomic E-state index is 0.260. The van der Waals surface area contributed by atoms with E-state index in [0.717, 1.165) is 13.1 Å². The Morgan fingerprint density at radius 2 is 1.91 bits per heavy atom. The molecular formula is C8H20N2O. The molecule has 0 saturated carbocycles. The third-order valence-corrected chi connectivity index (χ3v) is 1.65. The molecule has 0 radical (unpaired) electrons. The fraction of sp³-hybridized carbons (Fsp3) is 1.00. The highest BCUT2D eigenvalue weighted by atomic mass is 16.3. The van der Waals surface area contributed by atoms with E-state index in [1.807, 2.05) is 0 Å². The number of hydrogen-bond donors (Lipinski definition) is 2. The summed E-state index contributed by atoms with van der Waals surface area (Å²) in [7, 11) is 0. The zero-order valence-corrected chi connectivity index (χ0v) is 7.75. The molecule has 0 aliphatic carbocycles. The van der Waals surface area contributed by atoms with Crippen LogP contribution in [0.3, 0.4) is 0 Å². The van der Waals surface area contributed by atoms with Crippen LogP contribution in [0.1, 0.15) is 20.8 Å². The molecule has 0 aliphatic rings. The Bertz CT molecular complexity index is 94.1. The monoisotopic (exact) mass is 160 g/mol. The molecule has 11 heavy (non-hydrogen) atoms. The number of aliphatic hydroxyl groups is 1. The maximum absolute atomic E-state index is 9.12. The van der Waals surface area contributed by atoms with E-state index in [-0.39, 0.29) is 6.10 Å². The molecule has 0 aromatic heterocycles. The first kappa shape index (κ1) is 10.9. The molecule has 0 aliphatic heterocycles. The minimum Gasteiger partial charge on any atom is -0.392 e. The quantitative estimate of drug-likeness (QED) is 0.597. The van der Waals surface area contributed by atoms with Crippen molar-refractivity contribution in [3.63, 3.8) is 0 Å². The van der Waals surface area contributed by atoms with E-state index in [0.29, 0.717) is 12.6 Å². The smallest absolute Gasteiger partial charge is 0.0639 e. The number of rotatable bonds is 5. The van der Waals surface area contributed by atoms with Crippen LogP contribution >= 0.6 is 0 Å². The SMILES string of the molecule is CC(O)CN(CCN)C(C)C. The first-order valence-corrected chi connectivity index (χ1v) is 4.20. The molecule has 3 N–H and O–H groups in total. The van der Waals surface area contributed by atoms with Gasteiger partial charge in [0, 0.05) is 25.7 Å². The summed E-state index contributed by atoms with van der Waals surface area (Å²) in [5.41, 5.74) is 5.42. The molecule has 0 aromatic rings. The van der Waals surface area contributed by atoms with Crippen molar-refractivity contribution in [2.45, 2.75) is 32.9 Å². The molecule has 3 heteroatoms. The zero-order chi connectivity index (χ0) is 8.85. The van der Waals surface area contributed by atoms with Crippen molar-refractivity contribution in [3.8, 4) is 0 Å². The van der Waals surface area contributed by atoms with Crippen LogP contribution in [0.5, 0.6) is 0 Å². The summed E-state index contributed by atoms with van der Waals surface area (Å²) in [5, 5.41) is 9.12. The Labute approximate surface area is 69.2 Å². The molecular weight excluding hydrogens is 140 g/mol. The summed E-state index contributed by atoms with van der Waals surface area (Å²) in [6.45, 7) is 8.25. The van der Waals surface area contributed by atoms with Gasteiger partial charge in [0.15, 0.2) is 0 Å². The van der Waals surface area contributed by atoms with Crippen molar-refractivity contribution in [3.05, 3.63) is 0 Å². The van der Waals surface area contributed by atoms with Crippen LogP contribution in [0.15, 0.2) is 0 Å². The lowest BCUT2D eigenvalue weighted by Gasteiger charge is -2.26. The first-order valence-electron chi connectivity index (χ1n) is 4.20. The number of hydrogen-bond acceptors (Lipinski definition) is 3. The third-order valence-electron chi connectivity index (χ3n) is 1.65. The van der Waals surface area contributed by atoms with Gasteiger partial charge >= 0.3 is 0 Å². The molecule has 0 amide bonds. The first-order chi connectivity index (χ1) is 5.07. The van der Waals surface area contributed by atoms with E-state index in [4.69, 9.17) is 10.8 Å². The van der Waals surface area contributed by atoms with Crippen LogP contribution in [-0.4, -0.2) is 41.8 Å². The molecule has 0 aromatic carbocycles. The van der Waals surface area contributed by atoms with Gasteiger partial charge in [0.1, 0.15) is 0 Å². The molecule has 0 spiro atoms. The lowest BCUT2D eigenvalue weighted by Crippen LogP contribution is -2.39. The summed E-state index contributed by atoms with van der Waals surface area (Å²) < 4.78 is 0. The van der Waals surface area contributed by atoms with Crippen LogP contribution in [-0.2, 0) is 0 Å². The maximum Gasteiger partial charge on any atom is 0.0639 e. The Hall–Kier alpha value is -0.120. The van der Waals surface area contributed by atoms with Gasteiger partial charge in [0.2, 0.25) is 0 Å². The highest BCUT2D eigenvalue weighted by molar-refractivity contribution is 4.65. The number of aliphatic hydroxyl groups excluding tert-OH is 1. The number of nitrogens with two attached hydrogens (primary N) is 1. The van der Waals surface area contributed by atoms with Crippen molar-refractivity contribution >= 4 is 0 Å². The molecule has 0 heterocycles. The molecule has 0 rings (SSSR count). The lowest BCUT2D eigenvalue weighted by atomic mass is 10.2. The Morgan fingerprint density at radius 3 is 2.18 bits per heavy atom. The standard InChI is InChI=1S/C8H20N2O/c1-7(2)10(5-4-9)6-8(3)11/h7-8,11H,4-6,9H2,1-3H3. The van der Waals surface area contributed by atoms with Gasteiger partial charge in [-0.25, -0.2) is 0 Å². The van der Waals surface area contributed by atoms with Gasteiger partial charge in [-0.1, -0.05) is 0 Å². The second-order valence-electron chi connectivity index (χ2n) is 3.23. The molecule has 0 fully saturated rings. The highest BCUT2D eigenvalue weighted by Crippen LogP contribution is 1.98. The van der Waals surface area contributed by atoms with Crippen LogP contribution in [0.25, 0.3) is 0 Å². The van der Waals surface area contributed by atoms with E-state index in [9.17, 15) is 0 Å². The predicted octanol–water partition coefficient (Wildman–Crippen LogP) is 0.0363. The molecule has 0 saturated heterocycles. The summed E-state index contributed by atoms with van der Waals surface area (Å²) in [4.78, 5) is 2.17. The molecule has 1 unspecified atom stereocenters. The average Bonchev–Trinajstić information content (AvgIpc) is 1.86. The topological polar surface area (TPSA) is 49.5 Å². The fourth-order valence-electron chi connectivity index (χ4n) is 1.07. The summed E-state index contributed by atoms with van der Waals surface area (Å²) >= 11 is 0. The normalized spacial score (nSPS) is 14.5. The van der Waals surface area contributed by atoms with Crippen molar-refractivity contribution < 1.29 is 5.11 Å². The fourth-order valence-corrected chi connectivity index (χ4v) is 1.07. The van der Waals surface area contributed by atoms with E-state index >= 15 is 0 Å². The van der Waals surface area contributed by atoms with Crippen LogP contribution in [0, 0.1) is 0 Å². The van der Waals surface area contributed by atoms with Gasteiger partial charge in [-0.05, 0) is 20.8 Å². The predicted molar refractivity (Wildman–Crippen MR) is 47.4 cm³/mol. The van der Waals surface area contributed by atoms with Gasteiger partial charge in [-0.15, -0.1) is 0 Å². The van der Waals surface area contributed by atoms with Crippen LogP contribution in [0.4, 0.5) is 0 Å². The van der Waals surface area contributed by atoms with E-state index in [1.54, 1.807) is 6.92 Å². The molecule has 1 atom stereocenters. The van der Waals surface area contributed by atoms with Gasteiger partial charge < -0.3 is 10.8 Å². The largest absolute Gasteiger partial charge is 0.392 e. The second-order valence-corrected chi connectivity index (χ2v) is 3.23. The summed E-state index contributed by atoms with van der Waals surface area (Å²) in [6.07, 6.45) is -0.260. The van der Waals surface area contributed by atoms with Gasteiger partial charge in [-0.3, -0.25) is 4.90 Å². The van der Waals surface area contributed by atoms with E-state index < -0.39 is 0 Å². The second kappa shape index (κ2) is 5.52. The minimum atomic E-state index is -0.260. The van der Waals surface area contributed by atoms with Gasteiger partial charge in [0.05, 0.1) is 6.10 Å². The van der Waals surface area contributed by atoms with Crippen LogP contribution in [0.2, 0.25) is 0 Å². The zero-order valence-electron chi connectivity index (χ0n) is 7.75. The van der Waals surface area contributed by atoms with Crippen molar-refractivity contribution in [1.29, 1.82) is 0 Å². The molecule has 68 valence electrons. The Morgan fingerprint density at radius 1 is 1.36 bits per heavy atom. The molecule has 0 bridgehead atoms. The van der Waals surface area contributed by atoms with Gasteiger partial charge in [-0.2, -0.15) is 0 Å². The van der Waals surface area contributed by atoms with Crippen molar-refractivity contribution in [2.24, 2.45) is 5.73 Å². The van der Waals surface area contributed by atoms with E-state index in [1.165, 1.54) is 0 Å².